The fourth-order valence-electron chi connectivity index (χ4n) is 1.46. The Morgan fingerprint density at radius 2 is 2.24 bits per heavy atom. The average molecular weight is 235 g/mol. The van der Waals surface area contributed by atoms with Crippen molar-refractivity contribution in [3.63, 3.8) is 0 Å². The molecule has 1 N–H and O–H groups in total. The molecule has 0 amide bonds. The molecule has 0 aliphatic carbocycles. The summed E-state index contributed by atoms with van der Waals surface area (Å²) < 4.78 is 13.1. The molecule has 1 aromatic heterocycles. The Labute approximate surface area is 96.5 Å². The lowest BCUT2D eigenvalue weighted by molar-refractivity contribution is 0.0690. The molecule has 0 aliphatic heterocycles. The first-order chi connectivity index (χ1) is 8.11. The molecule has 2 rings (SSSR count). The highest BCUT2D eigenvalue weighted by Crippen LogP contribution is 2.21. The molecule has 88 valence electrons. The first-order valence-corrected chi connectivity index (χ1v) is 5.06. The molecule has 0 bridgehead atoms. The summed E-state index contributed by atoms with van der Waals surface area (Å²) in [6.07, 6.45) is 0. The Hall–Kier alpha value is -2.24. The predicted octanol–water partition coefficient (Wildman–Crippen LogP) is 1.80. The smallest absolute Gasteiger partial charge is 0.358 e. The van der Waals surface area contributed by atoms with Gasteiger partial charge in [0.2, 0.25) is 0 Å². The normalized spacial score (nSPS) is 10.5. The van der Waals surface area contributed by atoms with Crippen LogP contribution in [0.3, 0.4) is 0 Å². The molecule has 0 saturated heterocycles. The zero-order valence-electron chi connectivity index (χ0n) is 9.09. The molecule has 0 atom stereocenters. The van der Waals surface area contributed by atoms with Crippen LogP contribution in [0.2, 0.25) is 0 Å². The molecular weight excluding hydrogens is 225 g/mol. The van der Waals surface area contributed by atoms with Crippen molar-refractivity contribution in [2.75, 3.05) is 0 Å². The van der Waals surface area contributed by atoms with Gasteiger partial charge >= 0.3 is 5.97 Å². The zero-order valence-corrected chi connectivity index (χ0v) is 9.09. The van der Waals surface area contributed by atoms with E-state index in [2.05, 4.69) is 10.2 Å². The third-order valence-electron chi connectivity index (χ3n) is 2.24. The van der Waals surface area contributed by atoms with E-state index in [1.807, 2.05) is 0 Å². The van der Waals surface area contributed by atoms with Gasteiger partial charge in [-0.05, 0) is 19.1 Å². The molecule has 0 saturated carbocycles. The lowest BCUT2D eigenvalue weighted by atomic mass is 10.1. The number of aromatic nitrogens is 3. The summed E-state index contributed by atoms with van der Waals surface area (Å²) in [6, 6.07) is 5.62. The number of rotatable bonds is 3. The van der Waals surface area contributed by atoms with Crippen LogP contribution in [0.5, 0.6) is 0 Å². The van der Waals surface area contributed by atoms with E-state index in [0.717, 1.165) is 0 Å². The Kier molecular flexibility index (Phi) is 2.86. The molecule has 0 radical (unpaired) electrons. The maximum absolute atomic E-state index is 13.1. The zero-order chi connectivity index (χ0) is 12.4. The summed E-state index contributed by atoms with van der Waals surface area (Å²) in [5.74, 6) is -1.62. The molecule has 0 aliphatic rings. The highest BCUT2D eigenvalue weighted by atomic mass is 19.1. The summed E-state index contributed by atoms with van der Waals surface area (Å²) in [5.41, 5.74) is 0.415. The molecule has 5 nitrogen and oxygen atoms in total. The van der Waals surface area contributed by atoms with E-state index >= 15 is 0 Å². The van der Waals surface area contributed by atoms with Gasteiger partial charge in [-0.2, -0.15) is 9.90 Å². The summed E-state index contributed by atoms with van der Waals surface area (Å²) in [6.45, 7) is 2.25. The van der Waals surface area contributed by atoms with E-state index in [9.17, 15) is 9.18 Å². The van der Waals surface area contributed by atoms with E-state index in [1.165, 1.54) is 23.0 Å². The average Bonchev–Trinajstić information content (AvgIpc) is 2.73. The van der Waals surface area contributed by atoms with Gasteiger partial charge in [-0.1, -0.05) is 12.1 Å². The number of hydrogen-bond donors (Lipinski definition) is 1. The summed E-state index contributed by atoms with van der Waals surface area (Å²) in [4.78, 5) is 12.3. The number of aromatic carboxylic acids is 1. The van der Waals surface area contributed by atoms with E-state index in [4.69, 9.17) is 5.11 Å². The molecule has 0 spiro atoms. The van der Waals surface area contributed by atoms with E-state index in [1.54, 1.807) is 13.0 Å². The fourth-order valence-corrected chi connectivity index (χ4v) is 1.46. The lowest BCUT2D eigenvalue weighted by Gasteiger charge is -1.97. The second kappa shape index (κ2) is 4.32. The molecule has 2 aromatic rings. The van der Waals surface area contributed by atoms with Gasteiger partial charge in [0.15, 0.2) is 5.69 Å². The Bertz CT molecular complexity index is 566. The Balaban J connectivity index is 2.57. The first-order valence-electron chi connectivity index (χ1n) is 5.06. The summed E-state index contributed by atoms with van der Waals surface area (Å²) in [5, 5.41) is 16.8. The minimum absolute atomic E-state index is 0.169. The monoisotopic (exact) mass is 235 g/mol. The van der Waals surface area contributed by atoms with Crippen molar-refractivity contribution in [2.45, 2.75) is 13.5 Å². The number of hydrogen-bond acceptors (Lipinski definition) is 3. The number of carboxylic acid groups (broad SMARTS) is 1. The van der Waals surface area contributed by atoms with Gasteiger partial charge < -0.3 is 5.11 Å². The van der Waals surface area contributed by atoms with Crippen LogP contribution >= 0.6 is 0 Å². The van der Waals surface area contributed by atoms with Crippen LogP contribution in [0.25, 0.3) is 11.3 Å². The Morgan fingerprint density at radius 1 is 1.47 bits per heavy atom. The minimum Gasteiger partial charge on any atom is -0.476 e. The van der Waals surface area contributed by atoms with Crippen molar-refractivity contribution < 1.29 is 14.3 Å². The van der Waals surface area contributed by atoms with Gasteiger partial charge in [-0.3, -0.25) is 0 Å². The molecule has 17 heavy (non-hydrogen) atoms. The maximum atomic E-state index is 13.1. The fraction of sp³-hybridized carbons (Fsp3) is 0.182. The van der Waals surface area contributed by atoms with Crippen LogP contribution in [0.4, 0.5) is 4.39 Å². The van der Waals surface area contributed by atoms with E-state index in [-0.39, 0.29) is 11.4 Å². The summed E-state index contributed by atoms with van der Waals surface area (Å²) >= 11 is 0. The molecule has 6 heteroatoms. The third kappa shape index (κ3) is 2.15. The van der Waals surface area contributed by atoms with Gasteiger partial charge in [0.25, 0.3) is 0 Å². The molecule has 1 aromatic carbocycles. The van der Waals surface area contributed by atoms with Crippen molar-refractivity contribution in [2.24, 2.45) is 0 Å². The third-order valence-corrected chi connectivity index (χ3v) is 2.24. The predicted molar refractivity (Wildman–Crippen MR) is 58.0 cm³/mol. The SMILES string of the molecule is CCn1nc(C(=O)O)c(-c2cccc(F)c2)n1. The van der Waals surface area contributed by atoms with Crippen molar-refractivity contribution in [3.8, 4) is 11.3 Å². The number of benzene rings is 1. The van der Waals surface area contributed by atoms with Gasteiger partial charge in [0.05, 0.1) is 6.54 Å². The molecule has 1 heterocycles. The van der Waals surface area contributed by atoms with Crippen molar-refractivity contribution >= 4 is 5.97 Å². The van der Waals surface area contributed by atoms with Gasteiger partial charge in [0.1, 0.15) is 11.5 Å². The van der Waals surface area contributed by atoms with E-state index in [0.29, 0.717) is 12.1 Å². The van der Waals surface area contributed by atoms with Crippen molar-refractivity contribution in [1.29, 1.82) is 0 Å². The number of halogens is 1. The molecule has 0 unspecified atom stereocenters. The number of carbonyl (C=O) groups is 1. The highest BCUT2D eigenvalue weighted by molar-refractivity contribution is 5.92. The van der Waals surface area contributed by atoms with Crippen molar-refractivity contribution in [1.82, 2.24) is 15.0 Å². The second-order valence-corrected chi connectivity index (χ2v) is 3.40. The second-order valence-electron chi connectivity index (χ2n) is 3.40. The minimum atomic E-state index is -1.18. The number of nitrogens with zero attached hydrogens (tertiary/aromatic N) is 3. The van der Waals surface area contributed by atoms with Crippen LogP contribution < -0.4 is 0 Å². The lowest BCUT2D eigenvalue weighted by Crippen LogP contribution is -2.02. The van der Waals surface area contributed by atoms with E-state index < -0.39 is 11.8 Å². The maximum Gasteiger partial charge on any atom is 0.358 e. The van der Waals surface area contributed by atoms with Crippen LogP contribution in [0.1, 0.15) is 17.4 Å². The van der Waals surface area contributed by atoms with Gasteiger partial charge in [-0.15, -0.1) is 5.10 Å². The number of carboxylic acids is 1. The largest absolute Gasteiger partial charge is 0.476 e. The van der Waals surface area contributed by atoms with Crippen molar-refractivity contribution in [3.05, 3.63) is 35.8 Å². The van der Waals surface area contributed by atoms with Crippen LogP contribution in [-0.4, -0.2) is 26.1 Å². The van der Waals surface area contributed by atoms with Crippen LogP contribution in [0, 0.1) is 5.82 Å². The quantitative estimate of drug-likeness (QED) is 0.880. The molecular formula is C11H10FN3O2. The topological polar surface area (TPSA) is 68.0 Å². The molecule has 0 fully saturated rings. The number of aryl methyl sites for hydroxylation is 1. The first kappa shape index (κ1) is 11.3. The highest BCUT2D eigenvalue weighted by Gasteiger charge is 2.18. The Morgan fingerprint density at radius 3 is 2.82 bits per heavy atom. The van der Waals surface area contributed by atoms with Gasteiger partial charge in [0, 0.05) is 5.56 Å². The van der Waals surface area contributed by atoms with Gasteiger partial charge in [-0.25, -0.2) is 9.18 Å². The van der Waals surface area contributed by atoms with Crippen LogP contribution in [-0.2, 0) is 6.54 Å². The standard InChI is InChI=1S/C11H10FN3O2/c1-2-15-13-9(10(14-15)11(16)17)7-4-3-5-8(12)6-7/h3-6H,2H2,1H3,(H,16,17). The summed E-state index contributed by atoms with van der Waals surface area (Å²) in [7, 11) is 0. The van der Waals surface area contributed by atoms with Crippen LogP contribution in [0.15, 0.2) is 24.3 Å².